The molecule has 0 fully saturated rings. The summed E-state index contributed by atoms with van der Waals surface area (Å²) in [5.41, 5.74) is 3.17. The number of amides is 1. The summed E-state index contributed by atoms with van der Waals surface area (Å²) in [5, 5.41) is 14.6. The summed E-state index contributed by atoms with van der Waals surface area (Å²) >= 11 is 2.61. The van der Waals surface area contributed by atoms with Gasteiger partial charge in [0, 0.05) is 11.3 Å². The minimum atomic E-state index is -0.185. The third-order valence-electron chi connectivity index (χ3n) is 3.27. The van der Waals surface area contributed by atoms with E-state index in [9.17, 15) is 4.79 Å². The third kappa shape index (κ3) is 4.44. The molecule has 0 saturated heterocycles. The summed E-state index contributed by atoms with van der Waals surface area (Å²) in [6, 6.07) is 15.5. The van der Waals surface area contributed by atoms with Crippen molar-refractivity contribution in [2.75, 3.05) is 11.1 Å². The molecule has 0 saturated carbocycles. The lowest BCUT2D eigenvalue weighted by molar-refractivity contribution is -0.113. The number of nitrogens with zero attached hydrogens (tertiary/aromatic N) is 3. The Morgan fingerprint density at radius 3 is 2.84 bits per heavy atom. The number of nitrogens with one attached hydrogen (secondary N) is 1. The number of hydrogen-bond donors (Lipinski definition) is 1. The molecule has 0 bridgehead atoms. The first-order valence-electron chi connectivity index (χ1n) is 7.47. The minimum Gasteiger partial charge on any atom is -0.316 e. The van der Waals surface area contributed by atoms with Gasteiger partial charge >= 0.3 is 0 Å². The molecule has 1 amide bonds. The van der Waals surface area contributed by atoms with Gasteiger partial charge in [0.2, 0.25) is 5.91 Å². The molecule has 0 aliphatic rings. The Balaban J connectivity index is 1.68. The van der Waals surface area contributed by atoms with Gasteiger partial charge in [-0.15, -0.1) is 11.3 Å². The normalized spacial score (nSPS) is 10.2. The van der Waals surface area contributed by atoms with Gasteiger partial charge in [-0.05, 0) is 24.4 Å². The van der Waals surface area contributed by atoms with Gasteiger partial charge in [-0.1, -0.05) is 42.1 Å². The van der Waals surface area contributed by atoms with Gasteiger partial charge in [0.25, 0.3) is 0 Å². The summed E-state index contributed by atoms with van der Waals surface area (Å²) < 4.78 is 0. The number of thioether (sulfide) groups is 1. The van der Waals surface area contributed by atoms with Crippen LogP contribution >= 0.6 is 23.1 Å². The number of carbonyl (C=O) groups excluding carboxylic acids is 1. The van der Waals surface area contributed by atoms with Crippen LogP contribution in [-0.4, -0.2) is 21.6 Å². The Morgan fingerprint density at radius 2 is 2.08 bits per heavy atom. The van der Waals surface area contributed by atoms with E-state index in [1.54, 1.807) is 11.4 Å². The molecular formula is C18H14N4OS2. The van der Waals surface area contributed by atoms with Gasteiger partial charge in [-0.25, -0.2) is 9.97 Å². The van der Waals surface area contributed by atoms with E-state index in [0.29, 0.717) is 15.7 Å². The van der Waals surface area contributed by atoms with Crippen molar-refractivity contribution in [2.45, 2.75) is 12.1 Å². The fraction of sp³-hybridized carbons (Fsp3) is 0.111. The highest BCUT2D eigenvalue weighted by Crippen LogP contribution is 2.24. The van der Waals surface area contributed by atoms with E-state index in [1.807, 2.05) is 43.3 Å². The second-order valence-electron chi connectivity index (χ2n) is 5.16. The summed E-state index contributed by atoms with van der Waals surface area (Å²) in [6.07, 6.45) is 0. The zero-order valence-electron chi connectivity index (χ0n) is 13.4. The van der Waals surface area contributed by atoms with Crippen LogP contribution in [0.2, 0.25) is 0 Å². The van der Waals surface area contributed by atoms with E-state index in [4.69, 9.17) is 5.26 Å². The highest BCUT2D eigenvalue weighted by molar-refractivity contribution is 7.99. The lowest BCUT2D eigenvalue weighted by atomic mass is 10.1. The molecule has 0 radical (unpaired) electrons. The SMILES string of the molecule is Cc1cc(-c2ccccc2)nc(SCC(=O)Nc2sccc2C#N)n1. The van der Waals surface area contributed by atoms with Crippen LogP contribution in [0, 0.1) is 18.3 Å². The fourth-order valence-electron chi connectivity index (χ4n) is 2.15. The second kappa shape index (κ2) is 7.92. The molecule has 2 heterocycles. The van der Waals surface area contributed by atoms with Crippen LogP contribution in [0.5, 0.6) is 0 Å². The van der Waals surface area contributed by atoms with Crippen molar-refractivity contribution in [2.24, 2.45) is 0 Å². The molecule has 0 unspecified atom stereocenters. The maximum Gasteiger partial charge on any atom is 0.235 e. The van der Waals surface area contributed by atoms with Crippen molar-refractivity contribution in [3.8, 4) is 17.3 Å². The van der Waals surface area contributed by atoms with Gasteiger partial charge < -0.3 is 5.32 Å². The number of anilines is 1. The van der Waals surface area contributed by atoms with Gasteiger partial charge in [0.1, 0.15) is 11.1 Å². The lowest BCUT2D eigenvalue weighted by Gasteiger charge is -2.06. The van der Waals surface area contributed by atoms with Crippen LogP contribution < -0.4 is 5.32 Å². The Labute approximate surface area is 153 Å². The van der Waals surface area contributed by atoms with Crippen molar-refractivity contribution in [1.82, 2.24) is 9.97 Å². The van der Waals surface area contributed by atoms with E-state index in [1.165, 1.54) is 23.1 Å². The van der Waals surface area contributed by atoms with Crippen LogP contribution in [0.15, 0.2) is 53.0 Å². The number of carbonyl (C=O) groups is 1. The summed E-state index contributed by atoms with van der Waals surface area (Å²) in [4.78, 5) is 21.0. The minimum absolute atomic E-state index is 0.181. The van der Waals surface area contributed by atoms with Crippen molar-refractivity contribution in [3.63, 3.8) is 0 Å². The number of nitriles is 1. The van der Waals surface area contributed by atoms with Gasteiger partial charge in [0.15, 0.2) is 5.16 Å². The maximum atomic E-state index is 12.1. The fourth-order valence-corrected chi connectivity index (χ4v) is 3.61. The predicted octanol–water partition coefficient (Wildman–Crippen LogP) is 4.12. The molecule has 7 heteroatoms. The summed E-state index contributed by atoms with van der Waals surface area (Å²) in [6.45, 7) is 1.91. The van der Waals surface area contributed by atoms with Gasteiger partial charge in [0.05, 0.1) is 17.0 Å². The monoisotopic (exact) mass is 366 g/mol. The first-order chi connectivity index (χ1) is 12.2. The topological polar surface area (TPSA) is 78.7 Å². The van der Waals surface area contributed by atoms with Crippen LogP contribution in [-0.2, 0) is 4.79 Å². The zero-order valence-corrected chi connectivity index (χ0v) is 15.0. The van der Waals surface area contributed by atoms with Gasteiger partial charge in [-0.3, -0.25) is 4.79 Å². The molecule has 0 aliphatic carbocycles. The van der Waals surface area contributed by atoms with Crippen LogP contribution in [0.3, 0.4) is 0 Å². The maximum absolute atomic E-state index is 12.1. The standard InChI is InChI=1S/C18H14N4OS2/c1-12-9-15(13-5-3-2-4-6-13)21-18(20-12)25-11-16(23)22-17-14(10-19)7-8-24-17/h2-9H,11H2,1H3,(H,22,23). The number of benzene rings is 1. The van der Waals surface area contributed by atoms with Gasteiger partial charge in [-0.2, -0.15) is 5.26 Å². The van der Waals surface area contributed by atoms with Crippen LogP contribution in [0.4, 0.5) is 5.00 Å². The van der Waals surface area contributed by atoms with E-state index in [2.05, 4.69) is 21.4 Å². The average Bonchev–Trinajstić information content (AvgIpc) is 3.07. The molecule has 0 spiro atoms. The number of aryl methyl sites for hydroxylation is 1. The largest absolute Gasteiger partial charge is 0.316 e. The van der Waals surface area contributed by atoms with E-state index in [-0.39, 0.29) is 11.7 Å². The average molecular weight is 366 g/mol. The quantitative estimate of drug-likeness (QED) is 0.543. The molecule has 0 atom stereocenters. The molecule has 5 nitrogen and oxygen atoms in total. The first-order valence-corrected chi connectivity index (χ1v) is 9.33. The molecule has 2 aromatic heterocycles. The summed E-state index contributed by atoms with van der Waals surface area (Å²) in [5.74, 6) is -0.00389. The molecule has 1 aromatic carbocycles. The van der Waals surface area contributed by atoms with E-state index < -0.39 is 0 Å². The molecule has 1 N–H and O–H groups in total. The highest BCUT2D eigenvalue weighted by atomic mass is 32.2. The first kappa shape index (κ1) is 17.1. The van der Waals surface area contributed by atoms with Crippen LogP contribution in [0.25, 0.3) is 11.3 Å². The Bertz CT molecular complexity index is 932. The van der Waals surface area contributed by atoms with Crippen molar-refractivity contribution in [1.29, 1.82) is 5.26 Å². The van der Waals surface area contributed by atoms with Crippen molar-refractivity contribution < 1.29 is 4.79 Å². The molecule has 3 aromatic rings. The zero-order chi connectivity index (χ0) is 17.6. The van der Waals surface area contributed by atoms with Crippen molar-refractivity contribution >= 4 is 34.0 Å². The second-order valence-corrected chi connectivity index (χ2v) is 7.01. The highest BCUT2D eigenvalue weighted by Gasteiger charge is 2.11. The van der Waals surface area contributed by atoms with E-state index >= 15 is 0 Å². The third-order valence-corrected chi connectivity index (χ3v) is 4.95. The molecule has 3 rings (SSSR count). The Morgan fingerprint density at radius 1 is 1.28 bits per heavy atom. The van der Waals surface area contributed by atoms with E-state index in [0.717, 1.165) is 17.0 Å². The summed E-state index contributed by atoms with van der Waals surface area (Å²) in [7, 11) is 0. The number of aromatic nitrogens is 2. The number of thiophene rings is 1. The molecular weight excluding hydrogens is 352 g/mol. The molecule has 0 aliphatic heterocycles. The predicted molar refractivity (Wildman–Crippen MR) is 101 cm³/mol. The molecule has 124 valence electrons. The van der Waals surface area contributed by atoms with Crippen molar-refractivity contribution in [3.05, 3.63) is 59.1 Å². The smallest absolute Gasteiger partial charge is 0.235 e. The number of hydrogen-bond acceptors (Lipinski definition) is 6. The Kier molecular flexibility index (Phi) is 5.43. The van der Waals surface area contributed by atoms with Crippen LogP contribution in [0.1, 0.15) is 11.3 Å². The number of rotatable bonds is 5. The molecule has 25 heavy (non-hydrogen) atoms. The Hall–Kier alpha value is -2.69. The lowest BCUT2D eigenvalue weighted by Crippen LogP contribution is -2.14.